The van der Waals surface area contributed by atoms with Gasteiger partial charge >= 0.3 is 0 Å². The molecule has 1 N–H and O–H groups in total. The Kier molecular flexibility index (Phi) is 4.36. The number of rotatable bonds is 6. The smallest absolute Gasteiger partial charge is 0.111 e. The highest BCUT2D eigenvalue weighted by atomic mass is 32.1. The van der Waals surface area contributed by atoms with Crippen molar-refractivity contribution < 1.29 is 4.42 Å². The zero-order chi connectivity index (χ0) is 14.7. The standard InChI is InChI=1S/C17H20N2OS/c1-3-12-9-10-13(20-12)11-15(18-4-2)17-19-14-7-5-6-8-16(14)21-17/h5-10,15,18H,3-4,11H2,1-2H3. The minimum atomic E-state index is 0.211. The predicted molar refractivity (Wildman–Crippen MR) is 87.8 cm³/mol. The second-order valence-electron chi connectivity index (χ2n) is 5.06. The number of benzene rings is 1. The highest BCUT2D eigenvalue weighted by Gasteiger charge is 2.17. The highest BCUT2D eigenvalue weighted by molar-refractivity contribution is 7.18. The number of thiazole rings is 1. The van der Waals surface area contributed by atoms with E-state index in [-0.39, 0.29) is 6.04 Å². The van der Waals surface area contributed by atoms with Crippen molar-refractivity contribution in [2.24, 2.45) is 0 Å². The summed E-state index contributed by atoms with van der Waals surface area (Å²) in [6.07, 6.45) is 1.78. The first-order valence-electron chi connectivity index (χ1n) is 7.46. The first kappa shape index (κ1) is 14.3. The molecule has 3 aromatic rings. The molecule has 0 aliphatic heterocycles. The van der Waals surface area contributed by atoms with E-state index < -0.39 is 0 Å². The molecule has 1 atom stereocenters. The number of nitrogens with zero attached hydrogens (tertiary/aromatic N) is 1. The number of hydrogen-bond acceptors (Lipinski definition) is 4. The van der Waals surface area contributed by atoms with E-state index in [0.717, 1.165) is 41.4 Å². The van der Waals surface area contributed by atoms with Crippen LogP contribution in [0.25, 0.3) is 10.2 Å². The van der Waals surface area contributed by atoms with Gasteiger partial charge in [0.05, 0.1) is 16.3 Å². The summed E-state index contributed by atoms with van der Waals surface area (Å²) in [7, 11) is 0. The second kappa shape index (κ2) is 6.41. The van der Waals surface area contributed by atoms with Crippen molar-refractivity contribution in [3.05, 3.63) is 52.9 Å². The SMILES string of the molecule is CCNC(Cc1ccc(CC)o1)c1nc2ccccc2s1. The van der Waals surface area contributed by atoms with Gasteiger partial charge in [-0.25, -0.2) is 4.98 Å². The normalized spacial score (nSPS) is 12.9. The molecule has 0 aliphatic carbocycles. The highest BCUT2D eigenvalue weighted by Crippen LogP contribution is 2.28. The average molecular weight is 300 g/mol. The zero-order valence-corrected chi connectivity index (χ0v) is 13.2. The first-order chi connectivity index (χ1) is 10.3. The third kappa shape index (κ3) is 3.17. The maximum Gasteiger partial charge on any atom is 0.111 e. The van der Waals surface area contributed by atoms with Gasteiger partial charge in [-0.3, -0.25) is 0 Å². The van der Waals surface area contributed by atoms with Gasteiger partial charge in [0.2, 0.25) is 0 Å². The van der Waals surface area contributed by atoms with Gasteiger partial charge in [-0.05, 0) is 30.8 Å². The number of likely N-dealkylation sites (N-methyl/N-ethyl adjacent to an activating group) is 1. The molecule has 2 heterocycles. The molecule has 0 amide bonds. The van der Waals surface area contributed by atoms with Crippen LogP contribution in [0.1, 0.15) is 36.4 Å². The molecule has 1 unspecified atom stereocenters. The summed E-state index contributed by atoms with van der Waals surface area (Å²) in [6.45, 7) is 5.15. The number of hydrogen-bond donors (Lipinski definition) is 1. The van der Waals surface area contributed by atoms with E-state index in [1.807, 2.05) is 6.07 Å². The fourth-order valence-corrected chi connectivity index (χ4v) is 3.50. The van der Waals surface area contributed by atoms with Gasteiger partial charge in [-0.1, -0.05) is 26.0 Å². The molecule has 0 saturated carbocycles. The van der Waals surface area contributed by atoms with Crippen molar-refractivity contribution in [2.45, 2.75) is 32.7 Å². The summed E-state index contributed by atoms with van der Waals surface area (Å²) >= 11 is 1.76. The molecule has 3 nitrogen and oxygen atoms in total. The lowest BCUT2D eigenvalue weighted by Gasteiger charge is -2.13. The van der Waals surface area contributed by atoms with Gasteiger partial charge in [-0.2, -0.15) is 0 Å². The van der Waals surface area contributed by atoms with E-state index in [9.17, 15) is 0 Å². The minimum Gasteiger partial charge on any atom is -0.466 e. The van der Waals surface area contributed by atoms with Crippen LogP contribution in [0.2, 0.25) is 0 Å². The van der Waals surface area contributed by atoms with Crippen LogP contribution < -0.4 is 5.32 Å². The number of para-hydroxylation sites is 1. The Hall–Kier alpha value is -1.65. The number of nitrogens with one attached hydrogen (secondary N) is 1. The van der Waals surface area contributed by atoms with Crippen LogP contribution in [0.3, 0.4) is 0 Å². The molecule has 0 spiro atoms. The molecule has 0 fully saturated rings. The summed E-state index contributed by atoms with van der Waals surface area (Å²) in [5.74, 6) is 2.07. The van der Waals surface area contributed by atoms with Crippen LogP contribution in [0.4, 0.5) is 0 Å². The van der Waals surface area contributed by atoms with Crippen molar-refractivity contribution >= 4 is 21.6 Å². The molecule has 110 valence electrons. The monoisotopic (exact) mass is 300 g/mol. The van der Waals surface area contributed by atoms with Crippen LogP contribution >= 0.6 is 11.3 Å². The van der Waals surface area contributed by atoms with Crippen LogP contribution in [-0.2, 0) is 12.8 Å². The van der Waals surface area contributed by atoms with Crippen molar-refractivity contribution in [1.82, 2.24) is 10.3 Å². The van der Waals surface area contributed by atoms with Crippen molar-refractivity contribution in [2.75, 3.05) is 6.54 Å². The minimum absolute atomic E-state index is 0.211. The van der Waals surface area contributed by atoms with Gasteiger partial charge in [0, 0.05) is 12.8 Å². The molecule has 2 aromatic heterocycles. The molecule has 0 aliphatic rings. The van der Waals surface area contributed by atoms with Crippen molar-refractivity contribution in [3.8, 4) is 0 Å². The Labute approximate surface area is 129 Å². The molecular formula is C17H20N2OS. The fourth-order valence-electron chi connectivity index (χ4n) is 2.46. The van der Waals surface area contributed by atoms with E-state index >= 15 is 0 Å². The number of aromatic nitrogens is 1. The Morgan fingerprint density at radius 1 is 1.14 bits per heavy atom. The fraction of sp³-hybridized carbons (Fsp3) is 0.353. The van der Waals surface area contributed by atoms with Crippen LogP contribution in [0, 0.1) is 0 Å². The Morgan fingerprint density at radius 3 is 2.67 bits per heavy atom. The van der Waals surface area contributed by atoms with Gasteiger partial charge in [0.25, 0.3) is 0 Å². The molecule has 3 rings (SSSR count). The lowest BCUT2D eigenvalue weighted by Crippen LogP contribution is -2.22. The lowest BCUT2D eigenvalue weighted by atomic mass is 10.2. The molecule has 0 radical (unpaired) electrons. The molecule has 4 heteroatoms. The molecular weight excluding hydrogens is 280 g/mol. The lowest BCUT2D eigenvalue weighted by molar-refractivity contribution is 0.431. The second-order valence-corrected chi connectivity index (χ2v) is 6.12. The van der Waals surface area contributed by atoms with Crippen LogP contribution in [0.5, 0.6) is 0 Å². The topological polar surface area (TPSA) is 38.1 Å². The number of aryl methyl sites for hydroxylation is 1. The Morgan fingerprint density at radius 2 is 1.95 bits per heavy atom. The summed E-state index contributed by atoms with van der Waals surface area (Å²) in [5, 5.41) is 4.66. The van der Waals surface area contributed by atoms with Gasteiger partial charge in [0.15, 0.2) is 0 Å². The van der Waals surface area contributed by atoms with Crippen LogP contribution in [-0.4, -0.2) is 11.5 Å². The molecule has 0 bridgehead atoms. The average Bonchev–Trinajstić information content (AvgIpc) is 3.12. The summed E-state index contributed by atoms with van der Waals surface area (Å²) in [5.41, 5.74) is 1.08. The first-order valence-corrected chi connectivity index (χ1v) is 8.28. The number of furan rings is 1. The van der Waals surface area contributed by atoms with Gasteiger partial charge in [0.1, 0.15) is 16.5 Å². The van der Waals surface area contributed by atoms with Crippen molar-refractivity contribution in [1.29, 1.82) is 0 Å². The van der Waals surface area contributed by atoms with E-state index in [1.165, 1.54) is 4.70 Å². The zero-order valence-electron chi connectivity index (χ0n) is 12.4. The van der Waals surface area contributed by atoms with E-state index in [2.05, 4.69) is 49.5 Å². The molecule has 1 aromatic carbocycles. The number of fused-ring (bicyclic) bond motifs is 1. The van der Waals surface area contributed by atoms with Gasteiger partial charge in [-0.15, -0.1) is 11.3 Å². The quantitative estimate of drug-likeness (QED) is 0.735. The largest absolute Gasteiger partial charge is 0.466 e. The predicted octanol–water partition coefficient (Wildman–Crippen LogP) is 4.35. The third-order valence-electron chi connectivity index (χ3n) is 3.53. The Balaban J connectivity index is 1.86. The molecule has 21 heavy (non-hydrogen) atoms. The van der Waals surface area contributed by atoms with Crippen molar-refractivity contribution in [3.63, 3.8) is 0 Å². The van der Waals surface area contributed by atoms with E-state index in [0.29, 0.717) is 0 Å². The Bertz CT molecular complexity index is 683. The maximum absolute atomic E-state index is 5.84. The van der Waals surface area contributed by atoms with E-state index in [1.54, 1.807) is 11.3 Å². The maximum atomic E-state index is 5.84. The van der Waals surface area contributed by atoms with E-state index in [4.69, 9.17) is 9.40 Å². The summed E-state index contributed by atoms with van der Waals surface area (Å²) in [6, 6.07) is 12.7. The molecule has 0 saturated heterocycles. The summed E-state index contributed by atoms with van der Waals surface area (Å²) in [4.78, 5) is 4.77. The van der Waals surface area contributed by atoms with Gasteiger partial charge < -0.3 is 9.73 Å². The summed E-state index contributed by atoms with van der Waals surface area (Å²) < 4.78 is 7.08. The van der Waals surface area contributed by atoms with Crippen LogP contribution in [0.15, 0.2) is 40.8 Å². The third-order valence-corrected chi connectivity index (χ3v) is 4.68.